The van der Waals surface area contributed by atoms with E-state index in [0.29, 0.717) is 11.5 Å². The van der Waals surface area contributed by atoms with Crippen LogP contribution in [-0.2, 0) is 24.4 Å². The first-order valence-corrected chi connectivity index (χ1v) is 9.66. The number of rotatable bonds is 8. The van der Waals surface area contributed by atoms with Gasteiger partial charge >= 0.3 is 17.1 Å². The second-order valence-electron chi connectivity index (χ2n) is 7.00. The third kappa shape index (κ3) is 4.52. The Kier molecular flexibility index (Phi) is 6.58. The summed E-state index contributed by atoms with van der Waals surface area (Å²) < 4.78 is 13.9. The second kappa shape index (κ2) is 9.33. The third-order valence-electron chi connectivity index (χ3n) is 4.77. The van der Waals surface area contributed by atoms with Crippen LogP contribution < -0.4 is 26.5 Å². The van der Waals surface area contributed by atoms with Crippen molar-refractivity contribution in [2.45, 2.75) is 25.7 Å². The second-order valence-corrected chi connectivity index (χ2v) is 7.00. The van der Waals surface area contributed by atoms with E-state index in [-0.39, 0.29) is 26.2 Å². The molecule has 2 heterocycles. The molecule has 1 aromatic carbocycles. The minimum atomic E-state index is -0.872. The van der Waals surface area contributed by atoms with E-state index in [2.05, 4.69) is 13.2 Å². The van der Waals surface area contributed by atoms with E-state index in [1.807, 2.05) is 12.1 Å². The lowest BCUT2D eigenvalue weighted by Gasteiger charge is -2.29. The number of benzene rings is 1. The highest BCUT2D eigenvalue weighted by Gasteiger charge is 2.25. The summed E-state index contributed by atoms with van der Waals surface area (Å²) in [5.74, 6) is 0.724. The lowest BCUT2D eigenvalue weighted by molar-refractivity contribution is -0.132. The molecular weight excluding hydrogens is 404 g/mol. The molecular formula is C21H24N4O6. The van der Waals surface area contributed by atoms with Gasteiger partial charge in [0.15, 0.2) is 17.6 Å². The zero-order valence-corrected chi connectivity index (χ0v) is 17.2. The molecule has 0 radical (unpaired) electrons. The molecule has 1 aliphatic rings. The average Bonchev–Trinajstić information content (AvgIpc) is 2.77. The fraction of sp³-hybridized carbons (Fsp3) is 0.333. The van der Waals surface area contributed by atoms with Crippen LogP contribution in [0.3, 0.4) is 0 Å². The van der Waals surface area contributed by atoms with E-state index in [0.717, 1.165) is 13.7 Å². The van der Waals surface area contributed by atoms with E-state index in [1.165, 1.54) is 17.1 Å². The van der Waals surface area contributed by atoms with Gasteiger partial charge in [-0.05, 0) is 12.1 Å². The van der Waals surface area contributed by atoms with Crippen molar-refractivity contribution >= 4 is 5.91 Å². The van der Waals surface area contributed by atoms with E-state index in [9.17, 15) is 19.2 Å². The number of carbonyl (C=O) groups excluding carboxylic acids is 1. The Morgan fingerprint density at radius 2 is 1.58 bits per heavy atom. The van der Waals surface area contributed by atoms with E-state index < -0.39 is 35.6 Å². The minimum absolute atomic E-state index is 0.0915. The van der Waals surface area contributed by atoms with Gasteiger partial charge in [0.2, 0.25) is 5.91 Å². The number of fused-ring (bicyclic) bond motifs is 1. The first-order chi connectivity index (χ1) is 14.9. The largest absolute Gasteiger partial charge is 0.486 e. The Bertz CT molecular complexity index is 1130. The summed E-state index contributed by atoms with van der Waals surface area (Å²) in [5, 5.41) is 0. The monoisotopic (exact) mass is 428 g/mol. The number of ether oxygens (including phenoxy) is 2. The molecule has 1 atom stereocenters. The molecule has 1 aromatic heterocycles. The molecule has 1 aliphatic heterocycles. The maximum Gasteiger partial charge on any atom is 0.337 e. The Morgan fingerprint density at radius 3 is 2.16 bits per heavy atom. The Labute approximate surface area is 177 Å². The zero-order valence-electron chi connectivity index (χ0n) is 17.2. The van der Waals surface area contributed by atoms with Crippen LogP contribution in [0.1, 0.15) is 0 Å². The highest BCUT2D eigenvalue weighted by Crippen LogP contribution is 2.30. The number of para-hydroxylation sites is 2. The maximum absolute atomic E-state index is 12.8. The van der Waals surface area contributed by atoms with Crippen LogP contribution in [0.5, 0.6) is 11.5 Å². The van der Waals surface area contributed by atoms with Gasteiger partial charge in [0, 0.05) is 7.05 Å². The number of nitrogens with zero attached hydrogens (tertiary/aromatic N) is 4. The number of likely N-dealkylation sites (N-methyl/N-ethyl adjacent to an activating group) is 1. The van der Waals surface area contributed by atoms with Crippen molar-refractivity contribution < 1.29 is 14.3 Å². The lowest BCUT2D eigenvalue weighted by Crippen LogP contribution is -2.56. The first kappa shape index (κ1) is 21.9. The van der Waals surface area contributed by atoms with E-state index in [4.69, 9.17) is 9.47 Å². The van der Waals surface area contributed by atoms with Gasteiger partial charge in [-0.1, -0.05) is 24.3 Å². The molecule has 2 aromatic rings. The molecule has 0 fully saturated rings. The summed E-state index contributed by atoms with van der Waals surface area (Å²) in [7, 11) is 1.54. The summed E-state index contributed by atoms with van der Waals surface area (Å²) >= 11 is 0. The Morgan fingerprint density at radius 1 is 1.03 bits per heavy atom. The van der Waals surface area contributed by atoms with Gasteiger partial charge < -0.3 is 14.4 Å². The molecule has 0 saturated carbocycles. The summed E-state index contributed by atoms with van der Waals surface area (Å²) in [6.07, 6.45) is 2.32. The molecule has 10 heteroatoms. The van der Waals surface area contributed by atoms with Gasteiger partial charge in [0.05, 0.1) is 19.6 Å². The van der Waals surface area contributed by atoms with Gasteiger partial charge in [0.25, 0.3) is 0 Å². The summed E-state index contributed by atoms with van der Waals surface area (Å²) in [6, 6.07) is 7.21. The molecule has 0 N–H and O–H groups in total. The van der Waals surface area contributed by atoms with Gasteiger partial charge in [-0.25, -0.2) is 28.1 Å². The van der Waals surface area contributed by atoms with Crippen LogP contribution in [0.4, 0.5) is 0 Å². The third-order valence-corrected chi connectivity index (χ3v) is 4.77. The average molecular weight is 428 g/mol. The quantitative estimate of drug-likeness (QED) is 0.541. The normalized spacial score (nSPS) is 14.7. The maximum atomic E-state index is 12.8. The number of hydrogen-bond acceptors (Lipinski definition) is 6. The van der Waals surface area contributed by atoms with Crippen molar-refractivity contribution in [1.29, 1.82) is 0 Å². The minimum Gasteiger partial charge on any atom is -0.486 e. The van der Waals surface area contributed by atoms with E-state index >= 15 is 0 Å². The SMILES string of the molecule is C=CCn1c(=O)n(CC=C)c(=O)n(CC(=O)N(C)CC2COc3ccccc3O2)c1=O. The molecule has 0 bridgehead atoms. The first-order valence-electron chi connectivity index (χ1n) is 9.66. The number of allylic oxidation sites excluding steroid dienone is 2. The van der Waals surface area contributed by atoms with Crippen LogP contribution >= 0.6 is 0 Å². The van der Waals surface area contributed by atoms with Gasteiger partial charge in [-0.2, -0.15) is 0 Å². The number of aromatic nitrogens is 3. The summed E-state index contributed by atoms with van der Waals surface area (Å²) in [6.45, 7) is 6.78. The lowest BCUT2D eigenvalue weighted by atomic mass is 10.2. The molecule has 31 heavy (non-hydrogen) atoms. The fourth-order valence-electron chi connectivity index (χ4n) is 3.20. The topological polar surface area (TPSA) is 105 Å². The molecule has 3 rings (SSSR count). The number of amides is 1. The molecule has 0 aliphatic carbocycles. The van der Waals surface area contributed by atoms with Crippen molar-refractivity contribution in [1.82, 2.24) is 18.6 Å². The molecule has 1 unspecified atom stereocenters. The highest BCUT2D eigenvalue weighted by molar-refractivity contribution is 5.75. The van der Waals surface area contributed by atoms with Crippen LogP contribution in [0.25, 0.3) is 0 Å². The predicted octanol–water partition coefficient (Wildman–Crippen LogP) is -0.158. The van der Waals surface area contributed by atoms with Gasteiger partial charge in [-0.15, -0.1) is 13.2 Å². The smallest absolute Gasteiger partial charge is 0.337 e. The Balaban J connectivity index is 1.80. The zero-order chi connectivity index (χ0) is 22.5. The summed E-state index contributed by atoms with van der Waals surface area (Å²) in [4.78, 5) is 51.9. The van der Waals surface area contributed by atoms with Crippen LogP contribution in [0.15, 0.2) is 64.0 Å². The van der Waals surface area contributed by atoms with Crippen molar-refractivity contribution in [2.24, 2.45) is 0 Å². The van der Waals surface area contributed by atoms with Gasteiger partial charge in [-0.3, -0.25) is 4.79 Å². The molecule has 164 valence electrons. The van der Waals surface area contributed by atoms with Crippen molar-refractivity contribution in [2.75, 3.05) is 20.2 Å². The highest BCUT2D eigenvalue weighted by atomic mass is 16.6. The van der Waals surface area contributed by atoms with Gasteiger partial charge in [0.1, 0.15) is 13.2 Å². The predicted molar refractivity (Wildman–Crippen MR) is 114 cm³/mol. The molecule has 1 amide bonds. The molecule has 0 spiro atoms. The Hall–Kier alpha value is -3.82. The standard InChI is InChI=1S/C21H24N4O6/c1-4-10-23-19(27)24(11-5-2)21(29)25(20(23)28)13-18(26)22(3)12-15-14-30-16-8-6-7-9-17(16)31-15/h4-9,15H,1-2,10-14H2,3H3. The number of hydrogen-bond donors (Lipinski definition) is 0. The molecule has 0 saturated heterocycles. The van der Waals surface area contributed by atoms with Crippen molar-refractivity contribution in [3.63, 3.8) is 0 Å². The van der Waals surface area contributed by atoms with Crippen LogP contribution in [-0.4, -0.2) is 50.8 Å². The van der Waals surface area contributed by atoms with Crippen molar-refractivity contribution in [3.8, 4) is 11.5 Å². The fourth-order valence-corrected chi connectivity index (χ4v) is 3.20. The van der Waals surface area contributed by atoms with E-state index in [1.54, 1.807) is 19.2 Å². The number of carbonyl (C=O) groups is 1. The van der Waals surface area contributed by atoms with Crippen LogP contribution in [0.2, 0.25) is 0 Å². The van der Waals surface area contributed by atoms with Crippen molar-refractivity contribution in [3.05, 3.63) is 81.0 Å². The van der Waals surface area contributed by atoms with Crippen LogP contribution in [0, 0.1) is 0 Å². The summed E-state index contributed by atoms with van der Waals surface area (Å²) in [5.41, 5.74) is -2.52. The molecule has 10 nitrogen and oxygen atoms in total.